The van der Waals surface area contributed by atoms with Crippen LogP contribution < -0.4 is 5.73 Å². The summed E-state index contributed by atoms with van der Waals surface area (Å²) in [7, 11) is 0. The molecular formula is C24H30N4O. The van der Waals surface area contributed by atoms with Gasteiger partial charge in [0.15, 0.2) is 0 Å². The number of nitrogens with zero attached hydrogens (tertiary/aromatic N) is 3. The lowest BCUT2D eigenvalue weighted by atomic mass is 9.89. The first kappa shape index (κ1) is 19.6. The quantitative estimate of drug-likeness (QED) is 0.726. The van der Waals surface area contributed by atoms with Crippen molar-refractivity contribution in [3.63, 3.8) is 0 Å². The molecule has 2 N–H and O–H groups in total. The van der Waals surface area contributed by atoms with E-state index in [1.807, 2.05) is 48.2 Å². The minimum Gasteiger partial charge on any atom is -0.340 e. The maximum atomic E-state index is 13.4. The summed E-state index contributed by atoms with van der Waals surface area (Å²) in [5.41, 5.74) is 8.53. The molecule has 1 aliphatic heterocycles. The average molecular weight is 391 g/mol. The summed E-state index contributed by atoms with van der Waals surface area (Å²) in [4.78, 5) is 20.3. The fraction of sp³-hybridized carbons (Fsp3) is 0.417. The number of aromatic nitrogens is 2. The zero-order valence-corrected chi connectivity index (χ0v) is 17.5. The third-order valence-corrected chi connectivity index (χ3v) is 6.03. The van der Waals surface area contributed by atoms with Crippen molar-refractivity contribution in [1.29, 1.82) is 0 Å². The van der Waals surface area contributed by atoms with Gasteiger partial charge in [-0.25, -0.2) is 4.98 Å². The second-order valence-corrected chi connectivity index (χ2v) is 8.58. The molecule has 0 spiro atoms. The molecule has 0 saturated carbocycles. The van der Waals surface area contributed by atoms with Gasteiger partial charge in [0.1, 0.15) is 11.4 Å². The molecule has 4 rings (SSSR count). The van der Waals surface area contributed by atoms with Crippen LogP contribution in [0.25, 0.3) is 11.0 Å². The van der Waals surface area contributed by atoms with Crippen molar-refractivity contribution >= 4 is 16.9 Å². The molecule has 2 aromatic carbocycles. The molecule has 29 heavy (non-hydrogen) atoms. The minimum atomic E-state index is -1.03. The number of fused-ring (bicyclic) bond motifs is 1. The molecule has 3 aromatic rings. The lowest BCUT2D eigenvalue weighted by molar-refractivity contribution is -0.138. The van der Waals surface area contributed by atoms with E-state index in [9.17, 15) is 4.79 Å². The number of carbonyl (C=O) groups is 1. The Balaban J connectivity index is 1.63. The van der Waals surface area contributed by atoms with Gasteiger partial charge < -0.3 is 15.2 Å². The van der Waals surface area contributed by atoms with Crippen molar-refractivity contribution in [2.45, 2.75) is 51.1 Å². The summed E-state index contributed by atoms with van der Waals surface area (Å²) < 4.78 is 2.33. The third-order valence-electron chi connectivity index (χ3n) is 6.03. The van der Waals surface area contributed by atoms with Gasteiger partial charge in [0.05, 0.1) is 11.0 Å². The molecular weight excluding hydrogens is 360 g/mol. The molecule has 0 radical (unpaired) electrons. The molecule has 2 unspecified atom stereocenters. The standard InChI is InChI=1S/C24H30N4O/c1-17(2)28-21-14-8-7-13-20(21)26-22(28)18-10-9-15-27(16-18)23(29)24(3,25)19-11-5-4-6-12-19/h4-8,11-14,17-18H,9-10,15-16,25H2,1-3H3. The lowest BCUT2D eigenvalue weighted by Gasteiger charge is -2.37. The van der Waals surface area contributed by atoms with Gasteiger partial charge in [-0.3, -0.25) is 4.79 Å². The summed E-state index contributed by atoms with van der Waals surface area (Å²) >= 11 is 0. The highest BCUT2D eigenvalue weighted by Crippen LogP contribution is 2.33. The van der Waals surface area contributed by atoms with E-state index in [1.54, 1.807) is 0 Å². The molecule has 5 nitrogen and oxygen atoms in total. The number of hydrogen-bond acceptors (Lipinski definition) is 3. The van der Waals surface area contributed by atoms with Crippen molar-refractivity contribution in [3.8, 4) is 0 Å². The summed E-state index contributed by atoms with van der Waals surface area (Å²) in [5, 5.41) is 0. The molecule has 0 bridgehead atoms. The summed E-state index contributed by atoms with van der Waals surface area (Å²) in [5.74, 6) is 1.28. The van der Waals surface area contributed by atoms with Crippen molar-refractivity contribution < 1.29 is 4.79 Å². The lowest BCUT2D eigenvalue weighted by Crippen LogP contribution is -2.53. The SMILES string of the molecule is CC(C)n1c(C2CCCN(C(=O)C(C)(N)c3ccccc3)C2)nc2ccccc21. The van der Waals surface area contributed by atoms with E-state index in [1.165, 1.54) is 0 Å². The molecule has 1 fully saturated rings. The molecule has 1 aromatic heterocycles. The molecule has 1 amide bonds. The normalized spacial score (nSPS) is 19.5. The topological polar surface area (TPSA) is 64.2 Å². The van der Waals surface area contributed by atoms with Crippen molar-refractivity contribution in [2.75, 3.05) is 13.1 Å². The first-order valence-electron chi connectivity index (χ1n) is 10.5. The van der Waals surface area contributed by atoms with Crippen LogP contribution in [0.4, 0.5) is 0 Å². The van der Waals surface area contributed by atoms with Gasteiger partial charge in [-0.15, -0.1) is 0 Å². The van der Waals surface area contributed by atoms with E-state index >= 15 is 0 Å². The summed E-state index contributed by atoms with van der Waals surface area (Å²) in [6, 6.07) is 18.2. The summed E-state index contributed by atoms with van der Waals surface area (Å²) in [6.07, 6.45) is 2.00. The van der Waals surface area contributed by atoms with Gasteiger partial charge in [0, 0.05) is 25.0 Å². The van der Waals surface area contributed by atoms with Crippen molar-refractivity contribution in [1.82, 2.24) is 14.5 Å². The van der Waals surface area contributed by atoms with Gasteiger partial charge in [0.2, 0.25) is 5.91 Å². The van der Waals surface area contributed by atoms with Gasteiger partial charge in [-0.2, -0.15) is 0 Å². The Morgan fingerprint density at radius 2 is 1.83 bits per heavy atom. The zero-order valence-electron chi connectivity index (χ0n) is 17.5. The summed E-state index contributed by atoms with van der Waals surface area (Å²) in [6.45, 7) is 7.61. The highest BCUT2D eigenvalue weighted by atomic mass is 16.2. The number of para-hydroxylation sites is 2. The zero-order chi connectivity index (χ0) is 20.6. The molecule has 2 heterocycles. The fourth-order valence-corrected chi connectivity index (χ4v) is 4.50. The monoisotopic (exact) mass is 390 g/mol. The molecule has 1 saturated heterocycles. The number of rotatable bonds is 4. The largest absolute Gasteiger partial charge is 0.340 e. The Bertz CT molecular complexity index is 1010. The van der Waals surface area contributed by atoms with Crippen LogP contribution in [0.1, 0.15) is 57.0 Å². The first-order chi connectivity index (χ1) is 13.9. The highest BCUT2D eigenvalue weighted by molar-refractivity contribution is 5.87. The van der Waals surface area contributed by atoms with Crippen LogP contribution in [-0.2, 0) is 10.3 Å². The number of piperidine rings is 1. The Kier molecular flexibility index (Phi) is 5.17. The Labute approximate surface area is 172 Å². The maximum Gasteiger partial charge on any atom is 0.246 e. The number of imidazole rings is 1. The van der Waals surface area contributed by atoms with Gasteiger partial charge >= 0.3 is 0 Å². The van der Waals surface area contributed by atoms with E-state index in [2.05, 4.69) is 36.6 Å². The van der Waals surface area contributed by atoms with E-state index < -0.39 is 5.54 Å². The Morgan fingerprint density at radius 3 is 2.55 bits per heavy atom. The fourth-order valence-electron chi connectivity index (χ4n) is 4.50. The molecule has 1 aliphatic rings. The van der Waals surface area contributed by atoms with Crippen molar-refractivity contribution in [2.24, 2.45) is 5.73 Å². The van der Waals surface area contributed by atoms with Crippen LogP contribution in [0.5, 0.6) is 0 Å². The number of benzene rings is 2. The van der Waals surface area contributed by atoms with E-state index in [0.29, 0.717) is 12.6 Å². The van der Waals surface area contributed by atoms with Crippen LogP contribution in [0.3, 0.4) is 0 Å². The highest BCUT2D eigenvalue weighted by Gasteiger charge is 2.37. The average Bonchev–Trinajstić information content (AvgIpc) is 3.14. The predicted octanol–water partition coefficient (Wildman–Crippen LogP) is 4.20. The second kappa shape index (κ2) is 7.64. The maximum absolute atomic E-state index is 13.4. The number of likely N-dealkylation sites (tertiary alicyclic amines) is 1. The second-order valence-electron chi connectivity index (χ2n) is 8.58. The van der Waals surface area contributed by atoms with Crippen LogP contribution in [0.15, 0.2) is 54.6 Å². The van der Waals surface area contributed by atoms with Crippen LogP contribution in [0, 0.1) is 0 Å². The molecule has 5 heteroatoms. The first-order valence-corrected chi connectivity index (χ1v) is 10.5. The van der Waals surface area contributed by atoms with Crippen LogP contribution in [0.2, 0.25) is 0 Å². The Morgan fingerprint density at radius 1 is 1.14 bits per heavy atom. The number of amides is 1. The van der Waals surface area contributed by atoms with Crippen LogP contribution in [-0.4, -0.2) is 33.4 Å². The van der Waals surface area contributed by atoms with Gasteiger partial charge in [-0.1, -0.05) is 42.5 Å². The molecule has 0 aliphatic carbocycles. The van der Waals surface area contributed by atoms with E-state index in [0.717, 1.165) is 41.8 Å². The molecule has 2 atom stereocenters. The number of carbonyl (C=O) groups excluding carboxylic acids is 1. The minimum absolute atomic E-state index is 0.0133. The number of nitrogens with two attached hydrogens (primary N) is 1. The van der Waals surface area contributed by atoms with Gasteiger partial charge in [-0.05, 0) is 51.3 Å². The van der Waals surface area contributed by atoms with E-state index in [-0.39, 0.29) is 11.8 Å². The predicted molar refractivity (Wildman–Crippen MR) is 117 cm³/mol. The third kappa shape index (κ3) is 3.55. The van der Waals surface area contributed by atoms with Crippen molar-refractivity contribution in [3.05, 3.63) is 66.0 Å². The van der Waals surface area contributed by atoms with Crippen LogP contribution >= 0.6 is 0 Å². The van der Waals surface area contributed by atoms with Gasteiger partial charge in [0.25, 0.3) is 0 Å². The number of hydrogen-bond donors (Lipinski definition) is 1. The molecule has 152 valence electrons. The smallest absolute Gasteiger partial charge is 0.246 e. The Hall–Kier alpha value is -2.66. The van der Waals surface area contributed by atoms with E-state index in [4.69, 9.17) is 10.7 Å².